The predicted octanol–water partition coefficient (Wildman–Crippen LogP) is 2.91. The second-order valence-corrected chi connectivity index (χ2v) is 3.86. The maximum absolute atomic E-state index is 11.3. The molecule has 0 saturated heterocycles. The summed E-state index contributed by atoms with van der Waals surface area (Å²) in [6.45, 7) is 2.02. The van der Waals surface area contributed by atoms with Crippen LogP contribution in [0, 0.1) is 0 Å². The Morgan fingerprint density at radius 3 is 2.69 bits per heavy atom. The quantitative estimate of drug-likeness (QED) is 0.618. The summed E-state index contributed by atoms with van der Waals surface area (Å²) < 4.78 is 4.79. The molecule has 86 valence electrons. The molecule has 0 aliphatic heterocycles. The van der Waals surface area contributed by atoms with Crippen LogP contribution in [0.2, 0.25) is 10.0 Å². The number of ether oxygens (including phenoxy) is 1. The van der Waals surface area contributed by atoms with E-state index in [1.807, 2.05) is 0 Å². The predicted molar refractivity (Wildman–Crippen MR) is 62.2 cm³/mol. The van der Waals surface area contributed by atoms with Crippen LogP contribution in [0.25, 0.3) is 0 Å². The van der Waals surface area contributed by atoms with Crippen molar-refractivity contribution in [2.24, 2.45) is 0 Å². The normalized spacial score (nSPS) is 9.94. The Bertz CT molecular complexity index is 416. The number of carbonyl (C=O) groups excluding carboxylic acids is 2. The van der Waals surface area contributed by atoms with E-state index in [-0.39, 0.29) is 16.5 Å². The van der Waals surface area contributed by atoms with Gasteiger partial charge in [0.15, 0.2) is 0 Å². The SMILES string of the molecule is CCOC(=O)Cc1cc(C=O)cc(Cl)c1Cl. The van der Waals surface area contributed by atoms with Gasteiger partial charge in [0.25, 0.3) is 0 Å². The zero-order valence-corrected chi connectivity index (χ0v) is 10.1. The molecule has 0 amide bonds. The summed E-state index contributed by atoms with van der Waals surface area (Å²) in [5, 5.41) is 0.533. The van der Waals surface area contributed by atoms with Crippen molar-refractivity contribution in [3.63, 3.8) is 0 Å². The van der Waals surface area contributed by atoms with Crippen LogP contribution in [0.15, 0.2) is 12.1 Å². The van der Waals surface area contributed by atoms with Crippen LogP contribution < -0.4 is 0 Å². The minimum Gasteiger partial charge on any atom is -0.466 e. The molecule has 0 spiro atoms. The Hall–Kier alpha value is -1.06. The first-order valence-electron chi connectivity index (χ1n) is 4.67. The lowest BCUT2D eigenvalue weighted by atomic mass is 10.1. The lowest BCUT2D eigenvalue weighted by Crippen LogP contribution is -2.08. The summed E-state index contributed by atoms with van der Waals surface area (Å²) in [6, 6.07) is 2.98. The summed E-state index contributed by atoms with van der Waals surface area (Å²) in [7, 11) is 0. The van der Waals surface area contributed by atoms with Gasteiger partial charge in [-0.3, -0.25) is 9.59 Å². The van der Waals surface area contributed by atoms with E-state index in [9.17, 15) is 9.59 Å². The Morgan fingerprint density at radius 2 is 2.12 bits per heavy atom. The van der Waals surface area contributed by atoms with Crippen LogP contribution in [0.4, 0.5) is 0 Å². The van der Waals surface area contributed by atoms with E-state index in [0.717, 1.165) is 0 Å². The van der Waals surface area contributed by atoms with Crippen LogP contribution in [0.1, 0.15) is 22.8 Å². The number of halogens is 2. The molecule has 0 saturated carbocycles. The van der Waals surface area contributed by atoms with Crippen LogP contribution >= 0.6 is 23.2 Å². The highest BCUT2D eigenvalue weighted by molar-refractivity contribution is 6.42. The summed E-state index contributed by atoms with van der Waals surface area (Å²) in [5.41, 5.74) is 0.878. The molecule has 0 unspecified atom stereocenters. The van der Waals surface area contributed by atoms with E-state index >= 15 is 0 Å². The highest BCUT2D eigenvalue weighted by Gasteiger charge is 2.12. The minimum absolute atomic E-state index is 0.00801. The molecule has 0 atom stereocenters. The zero-order chi connectivity index (χ0) is 12.1. The third kappa shape index (κ3) is 3.22. The van der Waals surface area contributed by atoms with Crippen LogP contribution in [-0.4, -0.2) is 18.9 Å². The van der Waals surface area contributed by atoms with Crippen molar-refractivity contribution in [3.8, 4) is 0 Å². The summed E-state index contributed by atoms with van der Waals surface area (Å²) >= 11 is 11.7. The van der Waals surface area contributed by atoms with Crippen LogP contribution in [-0.2, 0) is 16.0 Å². The monoisotopic (exact) mass is 260 g/mol. The maximum atomic E-state index is 11.3. The van der Waals surface area contributed by atoms with Gasteiger partial charge in [0.1, 0.15) is 6.29 Å². The van der Waals surface area contributed by atoms with E-state index in [4.69, 9.17) is 27.9 Å². The fourth-order valence-electron chi connectivity index (χ4n) is 1.23. The number of rotatable bonds is 4. The standard InChI is InChI=1S/C11H10Cl2O3/c1-2-16-10(15)5-8-3-7(6-14)4-9(12)11(8)13/h3-4,6H,2,5H2,1H3. The van der Waals surface area contributed by atoms with Gasteiger partial charge in [0.05, 0.1) is 23.1 Å². The second kappa shape index (κ2) is 5.87. The average Bonchev–Trinajstić information content (AvgIpc) is 2.24. The molecule has 1 rings (SSSR count). The lowest BCUT2D eigenvalue weighted by molar-refractivity contribution is -0.142. The van der Waals surface area contributed by atoms with Crippen molar-refractivity contribution in [1.82, 2.24) is 0 Å². The Kier molecular flexibility index (Phi) is 4.77. The number of hydrogen-bond donors (Lipinski definition) is 0. The second-order valence-electron chi connectivity index (χ2n) is 3.08. The van der Waals surface area contributed by atoms with Crippen molar-refractivity contribution in [1.29, 1.82) is 0 Å². The number of carbonyl (C=O) groups is 2. The highest BCUT2D eigenvalue weighted by Crippen LogP contribution is 2.27. The van der Waals surface area contributed by atoms with E-state index in [1.165, 1.54) is 12.1 Å². The van der Waals surface area contributed by atoms with Gasteiger partial charge in [0.2, 0.25) is 0 Å². The van der Waals surface area contributed by atoms with Gasteiger partial charge < -0.3 is 4.74 Å². The summed E-state index contributed by atoms with van der Waals surface area (Å²) in [5.74, 6) is -0.400. The van der Waals surface area contributed by atoms with Crippen molar-refractivity contribution < 1.29 is 14.3 Å². The van der Waals surface area contributed by atoms with E-state index in [2.05, 4.69) is 0 Å². The first-order valence-corrected chi connectivity index (χ1v) is 5.42. The topological polar surface area (TPSA) is 43.4 Å². The zero-order valence-electron chi connectivity index (χ0n) is 8.63. The molecule has 16 heavy (non-hydrogen) atoms. The van der Waals surface area contributed by atoms with Crippen molar-refractivity contribution in [2.75, 3.05) is 6.61 Å². The van der Waals surface area contributed by atoms with Crippen LogP contribution in [0.3, 0.4) is 0 Å². The lowest BCUT2D eigenvalue weighted by Gasteiger charge is -2.06. The molecule has 3 nitrogen and oxygen atoms in total. The Labute approximate surface area is 103 Å². The van der Waals surface area contributed by atoms with Gasteiger partial charge in [-0.05, 0) is 24.6 Å². The maximum Gasteiger partial charge on any atom is 0.310 e. The van der Waals surface area contributed by atoms with E-state index < -0.39 is 5.97 Å². The number of aldehydes is 1. The minimum atomic E-state index is -0.400. The van der Waals surface area contributed by atoms with Gasteiger partial charge in [-0.15, -0.1) is 0 Å². The fourth-order valence-corrected chi connectivity index (χ4v) is 1.66. The average molecular weight is 261 g/mol. The van der Waals surface area contributed by atoms with Crippen LogP contribution in [0.5, 0.6) is 0 Å². The Morgan fingerprint density at radius 1 is 1.44 bits per heavy atom. The molecule has 1 aromatic rings. The molecular formula is C11H10Cl2O3. The van der Waals surface area contributed by atoms with Crippen molar-refractivity contribution in [2.45, 2.75) is 13.3 Å². The molecule has 0 radical (unpaired) electrons. The molecule has 0 aliphatic rings. The third-order valence-corrected chi connectivity index (χ3v) is 2.74. The first-order chi connectivity index (χ1) is 7.58. The highest BCUT2D eigenvalue weighted by atomic mass is 35.5. The molecule has 0 heterocycles. The Balaban J connectivity index is 2.98. The van der Waals surface area contributed by atoms with Crippen molar-refractivity contribution in [3.05, 3.63) is 33.3 Å². The molecule has 5 heteroatoms. The van der Waals surface area contributed by atoms with E-state index in [0.29, 0.717) is 24.0 Å². The third-order valence-electron chi connectivity index (χ3n) is 1.90. The summed E-state index contributed by atoms with van der Waals surface area (Å²) in [4.78, 5) is 21.9. The number of benzene rings is 1. The molecule has 0 fully saturated rings. The molecule has 0 bridgehead atoms. The van der Waals surface area contributed by atoms with Gasteiger partial charge in [-0.25, -0.2) is 0 Å². The van der Waals surface area contributed by atoms with Gasteiger partial charge >= 0.3 is 5.97 Å². The van der Waals surface area contributed by atoms with Gasteiger partial charge in [0, 0.05) is 5.56 Å². The number of esters is 1. The van der Waals surface area contributed by atoms with Crippen molar-refractivity contribution >= 4 is 35.5 Å². The largest absolute Gasteiger partial charge is 0.466 e. The summed E-state index contributed by atoms with van der Waals surface area (Å²) in [6.07, 6.45) is 0.658. The number of hydrogen-bond acceptors (Lipinski definition) is 3. The molecule has 0 N–H and O–H groups in total. The molecule has 0 aliphatic carbocycles. The fraction of sp³-hybridized carbons (Fsp3) is 0.273. The molecule has 0 aromatic heterocycles. The molecular weight excluding hydrogens is 251 g/mol. The van der Waals surface area contributed by atoms with Gasteiger partial charge in [-0.1, -0.05) is 23.2 Å². The first kappa shape index (κ1) is 13.0. The van der Waals surface area contributed by atoms with Gasteiger partial charge in [-0.2, -0.15) is 0 Å². The molecule has 1 aromatic carbocycles. The smallest absolute Gasteiger partial charge is 0.310 e. The van der Waals surface area contributed by atoms with E-state index in [1.54, 1.807) is 6.92 Å².